The number of carbonyl (C=O) groups is 1. The first kappa shape index (κ1) is 13.7. The third kappa shape index (κ3) is 3.19. The summed E-state index contributed by atoms with van der Waals surface area (Å²) in [6.45, 7) is 1.80. The van der Waals surface area contributed by atoms with Crippen molar-refractivity contribution < 1.29 is 9.72 Å². The molecule has 19 heavy (non-hydrogen) atoms. The van der Waals surface area contributed by atoms with Crippen molar-refractivity contribution in [3.63, 3.8) is 0 Å². The van der Waals surface area contributed by atoms with Crippen LogP contribution < -0.4 is 0 Å². The van der Waals surface area contributed by atoms with Crippen LogP contribution in [0, 0.1) is 23.0 Å². The van der Waals surface area contributed by atoms with Gasteiger partial charge < -0.3 is 0 Å². The first-order chi connectivity index (χ1) is 9.09. The molecule has 1 saturated carbocycles. The average Bonchev–Trinajstić information content (AvgIpc) is 2.37. The van der Waals surface area contributed by atoms with Crippen LogP contribution in [0.2, 0.25) is 0 Å². The number of Topliss-reactive ketones (excluding diaryl/α,β-unsaturated/α-hetero) is 1. The molecule has 4 heteroatoms. The molecule has 1 aliphatic rings. The zero-order valence-corrected chi connectivity index (χ0v) is 11.2. The molecule has 0 N–H and O–H groups in total. The van der Waals surface area contributed by atoms with Crippen LogP contribution in [0.15, 0.2) is 24.3 Å². The third-order valence-corrected chi connectivity index (χ3v) is 4.02. The van der Waals surface area contributed by atoms with E-state index in [2.05, 4.69) is 0 Å². The average molecular weight is 261 g/mol. The molecule has 0 spiro atoms. The minimum Gasteiger partial charge on any atom is -0.299 e. The Kier molecular flexibility index (Phi) is 4.30. The number of ketones is 1. The quantitative estimate of drug-likeness (QED) is 0.618. The standard InChI is InChI=1S/C15H19NO3/c1-11-6-2-3-7-12(11)14(10-16(18)19)13-8-4-5-9-15(13)17/h2-3,6-7,13-14H,4-5,8-10H2,1H3/t13-,14-/m0/s1. The van der Waals surface area contributed by atoms with Crippen LogP contribution in [-0.4, -0.2) is 17.3 Å². The van der Waals surface area contributed by atoms with Gasteiger partial charge in [0.1, 0.15) is 5.78 Å². The minimum atomic E-state index is -0.293. The summed E-state index contributed by atoms with van der Waals surface area (Å²) in [4.78, 5) is 22.7. The van der Waals surface area contributed by atoms with Gasteiger partial charge in [0.25, 0.3) is 0 Å². The summed E-state index contributed by atoms with van der Waals surface area (Å²) in [5, 5.41) is 10.9. The summed E-state index contributed by atoms with van der Waals surface area (Å²) in [5.41, 5.74) is 1.99. The van der Waals surface area contributed by atoms with Crippen LogP contribution in [0.1, 0.15) is 42.7 Å². The molecule has 0 unspecified atom stereocenters. The van der Waals surface area contributed by atoms with Crippen molar-refractivity contribution in [3.8, 4) is 0 Å². The maximum atomic E-state index is 12.1. The molecule has 1 fully saturated rings. The van der Waals surface area contributed by atoms with E-state index in [0.717, 1.165) is 30.4 Å². The Labute approximate surface area is 113 Å². The van der Waals surface area contributed by atoms with Gasteiger partial charge >= 0.3 is 0 Å². The molecule has 1 aliphatic carbocycles. The fourth-order valence-corrected chi connectivity index (χ4v) is 3.04. The number of benzene rings is 1. The summed E-state index contributed by atoms with van der Waals surface area (Å²) in [5.74, 6) is -0.259. The van der Waals surface area contributed by atoms with Gasteiger partial charge in [0.05, 0.1) is 5.92 Å². The van der Waals surface area contributed by atoms with E-state index in [0.29, 0.717) is 6.42 Å². The number of rotatable bonds is 4. The molecular weight excluding hydrogens is 242 g/mol. The summed E-state index contributed by atoms with van der Waals surface area (Å²) in [7, 11) is 0. The Morgan fingerprint density at radius 2 is 2.11 bits per heavy atom. The van der Waals surface area contributed by atoms with Crippen molar-refractivity contribution in [1.82, 2.24) is 0 Å². The van der Waals surface area contributed by atoms with Crippen molar-refractivity contribution in [3.05, 3.63) is 45.5 Å². The normalized spacial score (nSPS) is 21.1. The van der Waals surface area contributed by atoms with Gasteiger partial charge in [0.2, 0.25) is 6.54 Å². The molecule has 2 rings (SSSR count). The number of carbonyl (C=O) groups excluding carboxylic acids is 1. The first-order valence-electron chi connectivity index (χ1n) is 6.79. The molecule has 0 aliphatic heterocycles. The van der Waals surface area contributed by atoms with Crippen LogP contribution in [0.5, 0.6) is 0 Å². The third-order valence-electron chi connectivity index (χ3n) is 4.02. The van der Waals surface area contributed by atoms with Crippen LogP contribution in [-0.2, 0) is 4.79 Å². The molecule has 102 valence electrons. The Morgan fingerprint density at radius 1 is 1.37 bits per heavy atom. The van der Waals surface area contributed by atoms with Gasteiger partial charge in [-0.3, -0.25) is 14.9 Å². The molecule has 2 atom stereocenters. The molecule has 0 aromatic heterocycles. The van der Waals surface area contributed by atoms with E-state index in [-0.39, 0.29) is 29.1 Å². The van der Waals surface area contributed by atoms with E-state index in [1.807, 2.05) is 31.2 Å². The monoisotopic (exact) mass is 261 g/mol. The minimum absolute atomic E-state index is 0.152. The highest BCUT2D eigenvalue weighted by atomic mass is 16.6. The van der Waals surface area contributed by atoms with E-state index in [4.69, 9.17) is 0 Å². The zero-order chi connectivity index (χ0) is 13.8. The van der Waals surface area contributed by atoms with Crippen LogP contribution >= 0.6 is 0 Å². The maximum Gasteiger partial charge on any atom is 0.211 e. The number of nitro groups is 1. The van der Waals surface area contributed by atoms with Gasteiger partial charge in [-0.25, -0.2) is 0 Å². The van der Waals surface area contributed by atoms with E-state index in [9.17, 15) is 14.9 Å². The van der Waals surface area contributed by atoms with Gasteiger partial charge in [-0.05, 0) is 30.9 Å². The topological polar surface area (TPSA) is 60.2 Å². The highest BCUT2D eigenvalue weighted by molar-refractivity contribution is 5.82. The van der Waals surface area contributed by atoms with Crippen molar-refractivity contribution in [2.24, 2.45) is 5.92 Å². The molecule has 0 saturated heterocycles. The summed E-state index contributed by atoms with van der Waals surface area (Å²) in [6.07, 6.45) is 3.28. The largest absolute Gasteiger partial charge is 0.299 e. The Hall–Kier alpha value is -1.71. The maximum absolute atomic E-state index is 12.1. The van der Waals surface area contributed by atoms with Crippen molar-refractivity contribution in [2.75, 3.05) is 6.54 Å². The Morgan fingerprint density at radius 3 is 2.74 bits per heavy atom. The molecule has 1 aromatic rings. The van der Waals surface area contributed by atoms with E-state index in [1.54, 1.807) is 0 Å². The van der Waals surface area contributed by atoms with Crippen molar-refractivity contribution >= 4 is 5.78 Å². The lowest BCUT2D eigenvalue weighted by molar-refractivity contribution is -0.484. The molecule has 0 bridgehead atoms. The predicted octanol–water partition coefficient (Wildman–Crippen LogP) is 3.11. The molecule has 0 radical (unpaired) electrons. The smallest absolute Gasteiger partial charge is 0.211 e. The number of nitrogens with zero attached hydrogens (tertiary/aromatic N) is 1. The van der Waals surface area contributed by atoms with Crippen LogP contribution in [0.25, 0.3) is 0 Å². The fraction of sp³-hybridized carbons (Fsp3) is 0.533. The Bertz CT molecular complexity index is 484. The number of hydrogen-bond donors (Lipinski definition) is 0. The van der Waals surface area contributed by atoms with E-state index >= 15 is 0 Å². The molecular formula is C15H19NO3. The lowest BCUT2D eigenvalue weighted by atomic mass is 9.75. The first-order valence-corrected chi connectivity index (χ1v) is 6.79. The molecule has 4 nitrogen and oxygen atoms in total. The fourth-order valence-electron chi connectivity index (χ4n) is 3.04. The van der Waals surface area contributed by atoms with Gasteiger partial charge in [0.15, 0.2) is 0 Å². The number of hydrogen-bond acceptors (Lipinski definition) is 3. The molecule has 0 amide bonds. The number of aryl methyl sites for hydroxylation is 1. The van der Waals surface area contributed by atoms with E-state index < -0.39 is 0 Å². The second-order valence-electron chi connectivity index (χ2n) is 5.30. The molecule has 0 heterocycles. The summed E-state index contributed by atoms with van der Waals surface area (Å²) in [6, 6.07) is 7.69. The van der Waals surface area contributed by atoms with Gasteiger partial charge in [-0.2, -0.15) is 0 Å². The summed E-state index contributed by atoms with van der Waals surface area (Å²) >= 11 is 0. The second kappa shape index (κ2) is 5.95. The zero-order valence-electron chi connectivity index (χ0n) is 11.2. The highest BCUT2D eigenvalue weighted by Gasteiger charge is 2.34. The summed E-state index contributed by atoms with van der Waals surface area (Å²) < 4.78 is 0. The van der Waals surface area contributed by atoms with Gasteiger partial charge in [0, 0.05) is 17.3 Å². The van der Waals surface area contributed by atoms with Crippen molar-refractivity contribution in [1.29, 1.82) is 0 Å². The van der Waals surface area contributed by atoms with Gasteiger partial charge in [-0.1, -0.05) is 30.7 Å². The van der Waals surface area contributed by atoms with Crippen LogP contribution in [0.3, 0.4) is 0 Å². The van der Waals surface area contributed by atoms with E-state index in [1.165, 1.54) is 0 Å². The second-order valence-corrected chi connectivity index (χ2v) is 5.30. The lowest BCUT2D eigenvalue weighted by Gasteiger charge is -2.27. The van der Waals surface area contributed by atoms with Gasteiger partial charge in [-0.15, -0.1) is 0 Å². The Balaban J connectivity index is 2.32. The SMILES string of the molecule is Cc1ccccc1[C@H](C[N+](=O)[O-])[C@@H]1CCCCC1=O. The van der Waals surface area contributed by atoms with Crippen LogP contribution in [0.4, 0.5) is 0 Å². The highest BCUT2D eigenvalue weighted by Crippen LogP contribution is 2.35. The lowest BCUT2D eigenvalue weighted by Crippen LogP contribution is -2.30. The predicted molar refractivity (Wildman–Crippen MR) is 72.7 cm³/mol. The van der Waals surface area contributed by atoms with Crippen molar-refractivity contribution in [2.45, 2.75) is 38.5 Å². The molecule has 1 aromatic carbocycles.